The number of amides is 1. The van der Waals surface area contributed by atoms with E-state index in [4.69, 9.17) is 10.5 Å². The molecule has 1 unspecified atom stereocenters. The molecule has 2 rings (SSSR count). The van der Waals surface area contributed by atoms with Crippen molar-refractivity contribution < 1.29 is 13.9 Å². The monoisotopic (exact) mass is 288 g/mol. The van der Waals surface area contributed by atoms with Crippen molar-refractivity contribution in [3.63, 3.8) is 0 Å². The van der Waals surface area contributed by atoms with Gasteiger partial charge in [0, 0.05) is 18.7 Å². The highest BCUT2D eigenvalue weighted by Crippen LogP contribution is 2.31. The van der Waals surface area contributed by atoms with Crippen LogP contribution in [-0.4, -0.2) is 25.6 Å². The number of ether oxygens (including phenoxy) is 1. The third-order valence-electron chi connectivity index (χ3n) is 3.15. The molecule has 3 N–H and O–H groups in total. The summed E-state index contributed by atoms with van der Waals surface area (Å²) < 4.78 is 18.5. The van der Waals surface area contributed by atoms with Crippen molar-refractivity contribution in [1.82, 2.24) is 5.32 Å². The smallest absolute Gasteiger partial charge is 0.254 e. The Hall–Kier alpha value is -1.33. The van der Waals surface area contributed by atoms with Crippen LogP contribution in [0.2, 0.25) is 0 Å². The lowest BCUT2D eigenvalue weighted by Crippen LogP contribution is -2.38. The van der Waals surface area contributed by atoms with E-state index in [0.29, 0.717) is 18.2 Å². The lowest BCUT2D eigenvalue weighted by molar-refractivity contribution is 0.0946. The molecule has 0 heterocycles. The highest BCUT2D eigenvalue weighted by molar-refractivity contribution is 5.94. The van der Waals surface area contributed by atoms with Crippen molar-refractivity contribution in [3.05, 3.63) is 29.6 Å². The van der Waals surface area contributed by atoms with E-state index in [-0.39, 0.29) is 24.0 Å². The van der Waals surface area contributed by atoms with Crippen molar-refractivity contribution in [2.75, 3.05) is 13.7 Å². The topological polar surface area (TPSA) is 64.3 Å². The van der Waals surface area contributed by atoms with Gasteiger partial charge >= 0.3 is 0 Å². The van der Waals surface area contributed by atoms with Crippen molar-refractivity contribution in [1.29, 1.82) is 0 Å². The van der Waals surface area contributed by atoms with Crippen molar-refractivity contribution in [3.8, 4) is 5.75 Å². The standard InChI is InChI=1S/C13H17FN2O2.ClH/c1-18-9-4-5-10(11(14)6-9)13(17)16-7-12(15)8-2-3-8;/h4-6,8,12H,2-3,7,15H2,1H3,(H,16,17);1H. The summed E-state index contributed by atoms with van der Waals surface area (Å²) in [5.41, 5.74) is 5.87. The van der Waals surface area contributed by atoms with Crippen LogP contribution in [-0.2, 0) is 0 Å². The minimum atomic E-state index is -0.591. The molecule has 0 aromatic heterocycles. The summed E-state index contributed by atoms with van der Waals surface area (Å²) in [6.07, 6.45) is 2.24. The number of carbonyl (C=O) groups is 1. The SMILES string of the molecule is COc1ccc(C(=O)NCC(N)C2CC2)c(F)c1.Cl. The maximum atomic E-state index is 13.6. The van der Waals surface area contributed by atoms with Crippen LogP contribution >= 0.6 is 12.4 Å². The highest BCUT2D eigenvalue weighted by Gasteiger charge is 2.28. The number of methoxy groups -OCH3 is 1. The first-order chi connectivity index (χ1) is 8.61. The minimum Gasteiger partial charge on any atom is -0.497 e. The van der Waals surface area contributed by atoms with Gasteiger partial charge in [-0.1, -0.05) is 0 Å². The predicted molar refractivity (Wildman–Crippen MR) is 73.2 cm³/mol. The van der Waals surface area contributed by atoms with Gasteiger partial charge in [-0.3, -0.25) is 4.79 Å². The highest BCUT2D eigenvalue weighted by atomic mass is 35.5. The van der Waals surface area contributed by atoms with Gasteiger partial charge in [0.05, 0.1) is 12.7 Å². The Balaban J connectivity index is 0.00000180. The summed E-state index contributed by atoms with van der Waals surface area (Å²) in [6, 6.07) is 4.12. The van der Waals surface area contributed by atoms with E-state index in [2.05, 4.69) is 5.32 Å². The first-order valence-corrected chi connectivity index (χ1v) is 5.99. The molecular weight excluding hydrogens is 271 g/mol. The molecule has 19 heavy (non-hydrogen) atoms. The molecule has 1 saturated carbocycles. The number of hydrogen-bond acceptors (Lipinski definition) is 3. The van der Waals surface area contributed by atoms with Gasteiger partial charge in [0.1, 0.15) is 11.6 Å². The first kappa shape index (κ1) is 15.7. The van der Waals surface area contributed by atoms with Crippen LogP contribution in [0.4, 0.5) is 4.39 Å². The molecule has 1 atom stereocenters. The second kappa shape index (κ2) is 6.73. The quantitative estimate of drug-likeness (QED) is 0.867. The van der Waals surface area contributed by atoms with Crippen molar-refractivity contribution in [2.24, 2.45) is 11.7 Å². The summed E-state index contributed by atoms with van der Waals surface area (Å²) in [7, 11) is 1.45. The molecule has 106 valence electrons. The molecule has 0 radical (unpaired) electrons. The van der Waals surface area contributed by atoms with E-state index < -0.39 is 11.7 Å². The molecule has 1 fully saturated rings. The van der Waals surface area contributed by atoms with Crippen LogP contribution in [0.3, 0.4) is 0 Å². The molecule has 1 aromatic rings. The fraction of sp³-hybridized carbons (Fsp3) is 0.462. The van der Waals surface area contributed by atoms with Gasteiger partial charge in [0.2, 0.25) is 0 Å². The Kier molecular flexibility index (Phi) is 5.57. The van der Waals surface area contributed by atoms with Crippen molar-refractivity contribution >= 4 is 18.3 Å². The summed E-state index contributed by atoms with van der Waals surface area (Å²) in [5, 5.41) is 2.65. The van der Waals surface area contributed by atoms with E-state index in [1.54, 1.807) is 6.07 Å². The molecule has 4 nitrogen and oxygen atoms in total. The largest absolute Gasteiger partial charge is 0.497 e. The molecule has 6 heteroatoms. The summed E-state index contributed by atoms with van der Waals surface area (Å²) in [4.78, 5) is 11.8. The summed E-state index contributed by atoms with van der Waals surface area (Å²) in [6.45, 7) is 0.384. The number of hydrogen-bond donors (Lipinski definition) is 2. The molecule has 1 aliphatic carbocycles. The van der Waals surface area contributed by atoms with E-state index >= 15 is 0 Å². The number of halogens is 2. The Bertz CT molecular complexity index is 452. The third kappa shape index (κ3) is 4.08. The Morgan fingerprint density at radius 1 is 1.58 bits per heavy atom. The first-order valence-electron chi connectivity index (χ1n) is 5.99. The second-order valence-corrected chi connectivity index (χ2v) is 4.56. The van der Waals surface area contributed by atoms with E-state index in [0.717, 1.165) is 12.8 Å². The Morgan fingerprint density at radius 2 is 2.26 bits per heavy atom. The van der Waals surface area contributed by atoms with E-state index in [1.165, 1.54) is 19.2 Å². The van der Waals surface area contributed by atoms with Crippen LogP contribution in [0.15, 0.2) is 18.2 Å². The van der Waals surface area contributed by atoms with Crippen LogP contribution in [0.25, 0.3) is 0 Å². The molecule has 1 aromatic carbocycles. The maximum Gasteiger partial charge on any atom is 0.254 e. The van der Waals surface area contributed by atoms with Crippen LogP contribution < -0.4 is 15.8 Å². The normalized spacial score (nSPS) is 15.3. The van der Waals surface area contributed by atoms with Crippen molar-refractivity contribution in [2.45, 2.75) is 18.9 Å². The molecule has 1 aliphatic rings. The zero-order chi connectivity index (χ0) is 13.1. The van der Waals surface area contributed by atoms with Gasteiger partial charge < -0.3 is 15.8 Å². The van der Waals surface area contributed by atoms with E-state index in [1.807, 2.05) is 0 Å². The average molecular weight is 289 g/mol. The van der Waals surface area contributed by atoms with Crippen LogP contribution in [0, 0.1) is 11.7 Å². The zero-order valence-corrected chi connectivity index (χ0v) is 11.5. The van der Waals surface area contributed by atoms with Gasteiger partial charge in [0.15, 0.2) is 0 Å². The number of nitrogens with one attached hydrogen (secondary N) is 1. The van der Waals surface area contributed by atoms with E-state index in [9.17, 15) is 9.18 Å². The molecular formula is C13H18ClFN2O2. The lowest BCUT2D eigenvalue weighted by atomic mass is 10.1. The van der Waals surface area contributed by atoms with Gasteiger partial charge in [-0.25, -0.2) is 4.39 Å². The average Bonchev–Trinajstić information content (AvgIpc) is 3.19. The Morgan fingerprint density at radius 3 is 2.79 bits per heavy atom. The summed E-state index contributed by atoms with van der Waals surface area (Å²) in [5.74, 6) is -0.136. The van der Waals surface area contributed by atoms with Crippen LogP contribution in [0.1, 0.15) is 23.2 Å². The predicted octanol–water partition coefficient (Wildman–Crippen LogP) is 1.72. The molecule has 0 spiro atoms. The molecule has 1 amide bonds. The number of rotatable bonds is 5. The fourth-order valence-electron chi connectivity index (χ4n) is 1.80. The molecule has 0 saturated heterocycles. The number of nitrogens with two attached hydrogens (primary N) is 1. The second-order valence-electron chi connectivity index (χ2n) is 4.56. The van der Waals surface area contributed by atoms with Crippen LogP contribution in [0.5, 0.6) is 5.75 Å². The van der Waals surface area contributed by atoms with Gasteiger partial charge in [-0.2, -0.15) is 0 Å². The Labute approximate surface area is 117 Å². The van der Waals surface area contributed by atoms with Gasteiger partial charge in [-0.15, -0.1) is 12.4 Å². The number of benzene rings is 1. The minimum absolute atomic E-state index is 0. The number of carbonyl (C=O) groups excluding carboxylic acids is 1. The zero-order valence-electron chi connectivity index (χ0n) is 10.7. The maximum absolute atomic E-state index is 13.6. The van der Waals surface area contributed by atoms with Gasteiger partial charge in [-0.05, 0) is 30.9 Å². The van der Waals surface area contributed by atoms with Gasteiger partial charge in [0.25, 0.3) is 5.91 Å². The third-order valence-corrected chi connectivity index (χ3v) is 3.15. The lowest BCUT2D eigenvalue weighted by Gasteiger charge is -2.12. The summed E-state index contributed by atoms with van der Waals surface area (Å²) >= 11 is 0. The molecule has 0 aliphatic heterocycles. The fourth-order valence-corrected chi connectivity index (χ4v) is 1.80. The molecule has 0 bridgehead atoms.